The van der Waals surface area contributed by atoms with Gasteiger partial charge in [0.15, 0.2) is 11.0 Å². The Morgan fingerprint density at radius 1 is 1.85 bits per heavy atom. The van der Waals surface area contributed by atoms with E-state index in [1.165, 1.54) is 11.8 Å². The van der Waals surface area contributed by atoms with Gasteiger partial charge in [0.05, 0.1) is 17.5 Å². The van der Waals surface area contributed by atoms with E-state index in [0.717, 1.165) is 18.3 Å². The Balaban J connectivity index is 2.13. The molecule has 2 N–H and O–H groups in total. The number of aliphatic imine (C=N–C) groups is 1. The third-order valence-electron chi connectivity index (χ3n) is 1.96. The van der Waals surface area contributed by atoms with Crippen molar-refractivity contribution < 1.29 is 4.79 Å². The van der Waals surface area contributed by atoms with E-state index >= 15 is 0 Å². The number of carbonyl (C=O) groups is 1. The number of hydrogen-bond acceptors (Lipinski definition) is 5. The summed E-state index contributed by atoms with van der Waals surface area (Å²) in [6, 6.07) is -0.417. The van der Waals surface area contributed by atoms with Crippen molar-refractivity contribution in [3.8, 4) is 0 Å². The van der Waals surface area contributed by atoms with Gasteiger partial charge in [0.1, 0.15) is 0 Å². The van der Waals surface area contributed by atoms with Crippen LogP contribution in [0.15, 0.2) is 16.1 Å². The topological polar surface area (TPSA) is 58.7 Å². The van der Waals surface area contributed by atoms with Crippen molar-refractivity contribution >= 4 is 22.7 Å². The number of thioether (sulfide) groups is 1. The first-order valence-corrected chi connectivity index (χ1v) is 5.00. The molecule has 0 amide bonds. The summed E-state index contributed by atoms with van der Waals surface area (Å²) in [7, 11) is 0. The fourth-order valence-corrected chi connectivity index (χ4v) is 2.34. The van der Waals surface area contributed by atoms with Gasteiger partial charge in [-0.3, -0.25) is 9.79 Å². The molecule has 0 spiro atoms. The van der Waals surface area contributed by atoms with Crippen LogP contribution in [0.25, 0.3) is 0 Å². The normalized spacial score (nSPS) is 22.5. The summed E-state index contributed by atoms with van der Waals surface area (Å²) in [4.78, 5) is 18.4. The smallest absolute Gasteiger partial charge is 0.187 e. The molecule has 2 rings (SSSR count). The van der Waals surface area contributed by atoms with Crippen molar-refractivity contribution in [1.29, 1.82) is 0 Å². The lowest BCUT2D eigenvalue weighted by atomic mass is 10.2. The quantitative estimate of drug-likeness (QED) is 0.685. The van der Waals surface area contributed by atoms with E-state index in [9.17, 15) is 4.79 Å². The van der Waals surface area contributed by atoms with Crippen molar-refractivity contribution in [1.82, 2.24) is 4.90 Å². The highest BCUT2D eigenvalue weighted by atomic mass is 32.2. The molecular formula is C8H11N3OS. The lowest BCUT2D eigenvalue weighted by molar-refractivity contribution is -0.115. The molecule has 0 saturated heterocycles. The summed E-state index contributed by atoms with van der Waals surface area (Å²) in [5, 5.41) is 0.934. The average molecular weight is 197 g/mol. The maximum atomic E-state index is 11.5. The summed E-state index contributed by atoms with van der Waals surface area (Å²) in [5.74, 6) is 0.00194. The first-order chi connectivity index (χ1) is 6.18. The third-order valence-corrected chi connectivity index (χ3v) is 3.04. The Morgan fingerprint density at radius 3 is 3.23 bits per heavy atom. The summed E-state index contributed by atoms with van der Waals surface area (Å²) in [6.07, 6.45) is 1.85. The molecule has 70 valence electrons. The second-order valence-corrected chi connectivity index (χ2v) is 4.12. The van der Waals surface area contributed by atoms with Crippen LogP contribution in [-0.2, 0) is 4.79 Å². The number of carbonyl (C=O) groups excluding carboxylic acids is 1. The first kappa shape index (κ1) is 8.77. The van der Waals surface area contributed by atoms with Crippen LogP contribution in [0.2, 0.25) is 0 Å². The molecule has 0 radical (unpaired) electrons. The minimum atomic E-state index is -0.417. The minimum Gasteiger partial charge on any atom is -0.324 e. The Labute approximate surface area is 80.9 Å². The predicted octanol–water partition coefficient (Wildman–Crippen LogP) is 0.163. The minimum absolute atomic E-state index is 0.00194. The standard InChI is InChI=1S/C8H11N3OS/c1-5(9)7(12)6-4-11-3-2-10-8(11)13-6/h4-5H,2-3,9H2,1H3. The van der Waals surface area contributed by atoms with Crippen LogP contribution >= 0.6 is 11.8 Å². The number of nitrogens with zero attached hydrogens (tertiary/aromatic N) is 2. The molecule has 0 aliphatic carbocycles. The van der Waals surface area contributed by atoms with Crippen molar-refractivity contribution in [2.75, 3.05) is 13.1 Å². The molecule has 0 fully saturated rings. The van der Waals surface area contributed by atoms with Crippen LogP contribution < -0.4 is 5.73 Å². The van der Waals surface area contributed by atoms with Gasteiger partial charge in [0.2, 0.25) is 0 Å². The monoisotopic (exact) mass is 197 g/mol. The van der Waals surface area contributed by atoms with Gasteiger partial charge < -0.3 is 10.6 Å². The first-order valence-electron chi connectivity index (χ1n) is 4.19. The molecule has 2 aliphatic rings. The summed E-state index contributed by atoms with van der Waals surface area (Å²) in [5.41, 5.74) is 5.50. The van der Waals surface area contributed by atoms with Crippen LogP contribution in [-0.4, -0.2) is 35.0 Å². The molecule has 13 heavy (non-hydrogen) atoms. The van der Waals surface area contributed by atoms with E-state index in [4.69, 9.17) is 5.73 Å². The Morgan fingerprint density at radius 2 is 2.62 bits per heavy atom. The molecule has 0 saturated carbocycles. The molecule has 0 aromatic carbocycles. The number of rotatable bonds is 2. The number of fused-ring (bicyclic) bond motifs is 1. The van der Waals surface area contributed by atoms with Crippen LogP contribution in [0.5, 0.6) is 0 Å². The molecule has 0 aromatic rings. The van der Waals surface area contributed by atoms with Crippen molar-refractivity contribution in [3.05, 3.63) is 11.1 Å². The largest absolute Gasteiger partial charge is 0.324 e. The maximum absolute atomic E-state index is 11.5. The summed E-state index contributed by atoms with van der Waals surface area (Å²) < 4.78 is 0. The number of hydrogen-bond donors (Lipinski definition) is 1. The van der Waals surface area contributed by atoms with E-state index in [-0.39, 0.29) is 5.78 Å². The summed E-state index contributed by atoms with van der Waals surface area (Å²) >= 11 is 1.43. The predicted molar refractivity (Wildman–Crippen MR) is 53.3 cm³/mol. The number of nitrogens with two attached hydrogens (primary N) is 1. The third kappa shape index (κ3) is 1.49. The highest BCUT2D eigenvalue weighted by Crippen LogP contribution is 2.31. The second-order valence-electron chi connectivity index (χ2n) is 3.11. The Hall–Kier alpha value is -0.810. The fourth-order valence-electron chi connectivity index (χ4n) is 1.26. The number of amidine groups is 1. The van der Waals surface area contributed by atoms with E-state index < -0.39 is 6.04 Å². The molecule has 4 nitrogen and oxygen atoms in total. The van der Waals surface area contributed by atoms with Gasteiger partial charge in [-0.25, -0.2) is 0 Å². The zero-order valence-corrected chi connectivity index (χ0v) is 8.17. The zero-order chi connectivity index (χ0) is 9.42. The highest BCUT2D eigenvalue weighted by Gasteiger charge is 2.28. The Kier molecular flexibility index (Phi) is 2.13. The van der Waals surface area contributed by atoms with Gasteiger partial charge in [-0.1, -0.05) is 0 Å². The lowest BCUT2D eigenvalue weighted by Crippen LogP contribution is -2.26. The van der Waals surface area contributed by atoms with E-state index in [2.05, 4.69) is 4.99 Å². The SMILES string of the molecule is CC(N)C(=O)C1=CN2CCN=C2S1. The Bertz CT molecular complexity index is 309. The van der Waals surface area contributed by atoms with Crippen LogP contribution in [0.3, 0.4) is 0 Å². The number of Topliss-reactive ketones (excluding diaryl/α,β-unsaturated/α-hetero) is 1. The molecule has 0 bridgehead atoms. The molecule has 2 heterocycles. The second kappa shape index (κ2) is 3.16. The van der Waals surface area contributed by atoms with Crippen LogP contribution in [0.4, 0.5) is 0 Å². The van der Waals surface area contributed by atoms with E-state index in [0.29, 0.717) is 4.91 Å². The highest BCUT2D eigenvalue weighted by molar-refractivity contribution is 8.18. The van der Waals surface area contributed by atoms with E-state index in [1.807, 2.05) is 11.1 Å². The zero-order valence-electron chi connectivity index (χ0n) is 7.36. The molecule has 1 atom stereocenters. The van der Waals surface area contributed by atoms with E-state index in [1.54, 1.807) is 6.92 Å². The van der Waals surface area contributed by atoms with Crippen molar-refractivity contribution in [2.45, 2.75) is 13.0 Å². The molecule has 1 unspecified atom stereocenters. The van der Waals surface area contributed by atoms with Crippen LogP contribution in [0, 0.1) is 0 Å². The van der Waals surface area contributed by atoms with Gasteiger partial charge in [-0.2, -0.15) is 0 Å². The molecule has 0 aromatic heterocycles. The van der Waals surface area contributed by atoms with Gasteiger partial charge in [0, 0.05) is 12.7 Å². The van der Waals surface area contributed by atoms with Gasteiger partial charge >= 0.3 is 0 Å². The lowest BCUT2D eigenvalue weighted by Gasteiger charge is -2.04. The van der Waals surface area contributed by atoms with Crippen molar-refractivity contribution in [2.24, 2.45) is 10.7 Å². The summed E-state index contributed by atoms with van der Waals surface area (Å²) in [6.45, 7) is 3.42. The fraction of sp³-hybridized carbons (Fsp3) is 0.500. The van der Waals surface area contributed by atoms with Crippen LogP contribution in [0.1, 0.15) is 6.92 Å². The maximum Gasteiger partial charge on any atom is 0.187 e. The molecular weight excluding hydrogens is 186 g/mol. The molecule has 5 heteroatoms. The van der Waals surface area contributed by atoms with Gasteiger partial charge in [0.25, 0.3) is 0 Å². The molecule has 2 aliphatic heterocycles. The van der Waals surface area contributed by atoms with Gasteiger partial charge in [-0.05, 0) is 18.7 Å². The number of ketones is 1. The average Bonchev–Trinajstić information content (AvgIpc) is 2.59. The van der Waals surface area contributed by atoms with Gasteiger partial charge in [-0.15, -0.1) is 0 Å². The van der Waals surface area contributed by atoms with Crippen molar-refractivity contribution in [3.63, 3.8) is 0 Å².